The van der Waals surface area contributed by atoms with E-state index in [1.165, 1.54) is 23.1 Å². The number of fused-ring (bicyclic) bond motifs is 1. The third kappa shape index (κ3) is 4.91. The molecule has 0 aliphatic carbocycles. The van der Waals surface area contributed by atoms with Gasteiger partial charge in [-0.1, -0.05) is 25.1 Å². The number of methoxy groups -OCH3 is 2. The minimum absolute atomic E-state index is 0.0455. The predicted molar refractivity (Wildman–Crippen MR) is 118 cm³/mol. The lowest BCUT2D eigenvalue weighted by Crippen LogP contribution is -2.23. The summed E-state index contributed by atoms with van der Waals surface area (Å²) in [5.74, 6) is 1.06. The first kappa shape index (κ1) is 21.2. The van der Waals surface area contributed by atoms with E-state index in [1.54, 1.807) is 37.0 Å². The highest BCUT2D eigenvalue weighted by atomic mass is 32.2. The Kier molecular flexibility index (Phi) is 7.16. The maximum Gasteiger partial charge on any atom is 0.272 e. The monoisotopic (exact) mass is 433 g/mol. The smallest absolute Gasteiger partial charge is 0.272 e. The van der Waals surface area contributed by atoms with E-state index in [0.717, 1.165) is 12.8 Å². The van der Waals surface area contributed by atoms with Crippen LogP contribution < -0.4 is 20.3 Å². The molecule has 0 fully saturated rings. The first-order valence-electron chi connectivity index (χ1n) is 9.20. The topological polar surface area (TPSA) is 82.5 Å². The van der Waals surface area contributed by atoms with Crippen LogP contribution in [0.5, 0.6) is 11.5 Å². The van der Waals surface area contributed by atoms with Crippen molar-refractivity contribution in [3.63, 3.8) is 0 Å². The summed E-state index contributed by atoms with van der Waals surface area (Å²) in [4.78, 5) is 29.9. The lowest BCUT2D eigenvalue weighted by Gasteiger charge is -2.13. The van der Waals surface area contributed by atoms with E-state index in [4.69, 9.17) is 9.47 Å². The van der Waals surface area contributed by atoms with E-state index in [1.807, 2.05) is 11.4 Å². The van der Waals surface area contributed by atoms with Gasteiger partial charge in [0.25, 0.3) is 5.56 Å². The number of benzene rings is 1. The Morgan fingerprint density at radius 3 is 2.83 bits per heavy atom. The summed E-state index contributed by atoms with van der Waals surface area (Å²) >= 11 is 2.65. The third-order valence-electron chi connectivity index (χ3n) is 4.28. The van der Waals surface area contributed by atoms with Crippen molar-refractivity contribution in [3.05, 3.63) is 40.0 Å². The lowest BCUT2D eigenvalue weighted by molar-refractivity contribution is -0.113. The molecule has 0 unspecified atom stereocenters. The number of nitrogens with one attached hydrogen (secondary N) is 1. The molecule has 0 atom stereocenters. The van der Waals surface area contributed by atoms with Crippen LogP contribution in [0, 0.1) is 0 Å². The number of hydrogen-bond acceptors (Lipinski definition) is 7. The van der Waals surface area contributed by atoms with Crippen molar-refractivity contribution >= 4 is 44.9 Å². The van der Waals surface area contributed by atoms with Gasteiger partial charge in [0.05, 0.1) is 31.2 Å². The van der Waals surface area contributed by atoms with Gasteiger partial charge in [0.15, 0.2) is 5.16 Å². The molecule has 0 radical (unpaired) electrons. The number of anilines is 1. The Morgan fingerprint density at radius 2 is 2.10 bits per heavy atom. The van der Waals surface area contributed by atoms with Gasteiger partial charge in [-0.3, -0.25) is 14.2 Å². The fourth-order valence-corrected chi connectivity index (χ4v) is 4.38. The molecule has 0 saturated heterocycles. The number of nitrogens with zero attached hydrogens (tertiary/aromatic N) is 2. The molecule has 9 heteroatoms. The first-order chi connectivity index (χ1) is 14.1. The summed E-state index contributed by atoms with van der Waals surface area (Å²) in [7, 11) is 3.10. The summed E-state index contributed by atoms with van der Waals surface area (Å²) in [6, 6.07) is 7.02. The van der Waals surface area contributed by atoms with Gasteiger partial charge in [-0.05, 0) is 30.0 Å². The molecule has 0 aliphatic rings. The summed E-state index contributed by atoms with van der Waals surface area (Å²) in [6.07, 6.45) is 1.84. The number of amides is 1. The van der Waals surface area contributed by atoms with Gasteiger partial charge in [0.1, 0.15) is 16.2 Å². The maximum absolute atomic E-state index is 12.8. The van der Waals surface area contributed by atoms with E-state index >= 15 is 0 Å². The van der Waals surface area contributed by atoms with Crippen LogP contribution in [0.15, 0.2) is 39.6 Å². The third-order valence-corrected chi connectivity index (χ3v) is 6.15. The van der Waals surface area contributed by atoms with Crippen molar-refractivity contribution in [2.75, 3.05) is 25.3 Å². The Balaban J connectivity index is 1.78. The maximum atomic E-state index is 12.8. The average molecular weight is 434 g/mol. The standard InChI is InChI=1S/C20H23N3O4S2/c1-4-5-9-23-19(25)18-14(8-10-28-18)22-20(23)29-12-17(24)21-15-11-13(26-2)6-7-16(15)27-3/h6-8,10-11H,4-5,9,12H2,1-3H3,(H,21,24). The second-order valence-corrected chi connectivity index (χ2v) is 8.10. The van der Waals surface area contributed by atoms with Crippen LogP contribution in [0.2, 0.25) is 0 Å². The number of thiophene rings is 1. The fourth-order valence-electron chi connectivity index (χ4n) is 2.78. The molecule has 1 N–H and O–H groups in total. The summed E-state index contributed by atoms with van der Waals surface area (Å²) in [5.41, 5.74) is 1.16. The number of ether oxygens (including phenoxy) is 2. The van der Waals surface area contributed by atoms with Crippen LogP contribution in [0.4, 0.5) is 5.69 Å². The average Bonchev–Trinajstić information content (AvgIpc) is 3.20. The zero-order valence-electron chi connectivity index (χ0n) is 16.6. The van der Waals surface area contributed by atoms with Gasteiger partial charge >= 0.3 is 0 Å². The molecule has 2 heterocycles. The summed E-state index contributed by atoms with van der Waals surface area (Å²) < 4.78 is 12.8. The van der Waals surface area contributed by atoms with E-state index < -0.39 is 0 Å². The molecule has 154 valence electrons. The summed E-state index contributed by atoms with van der Waals surface area (Å²) in [5, 5.41) is 5.26. The molecule has 3 aromatic rings. The van der Waals surface area contributed by atoms with Gasteiger partial charge in [-0.25, -0.2) is 4.98 Å². The zero-order chi connectivity index (χ0) is 20.8. The van der Waals surface area contributed by atoms with Gasteiger partial charge in [0.2, 0.25) is 5.91 Å². The van der Waals surface area contributed by atoms with Crippen LogP contribution in [0.25, 0.3) is 10.2 Å². The molecule has 0 aliphatic heterocycles. The van der Waals surface area contributed by atoms with Crippen molar-refractivity contribution in [2.45, 2.75) is 31.5 Å². The Bertz CT molecular complexity index is 1060. The lowest BCUT2D eigenvalue weighted by atomic mass is 10.2. The highest BCUT2D eigenvalue weighted by Crippen LogP contribution is 2.29. The zero-order valence-corrected chi connectivity index (χ0v) is 18.2. The van der Waals surface area contributed by atoms with Crippen LogP contribution >= 0.6 is 23.1 Å². The Hall–Kier alpha value is -2.52. The highest BCUT2D eigenvalue weighted by molar-refractivity contribution is 7.99. The van der Waals surface area contributed by atoms with E-state index in [-0.39, 0.29) is 17.2 Å². The molecule has 7 nitrogen and oxygen atoms in total. The quantitative estimate of drug-likeness (QED) is 0.406. The van der Waals surface area contributed by atoms with Gasteiger partial charge in [-0.2, -0.15) is 0 Å². The number of carbonyl (C=O) groups is 1. The molecular formula is C20H23N3O4S2. The molecular weight excluding hydrogens is 410 g/mol. The molecule has 29 heavy (non-hydrogen) atoms. The minimum atomic E-state index is -0.219. The van der Waals surface area contributed by atoms with Crippen LogP contribution in [0.1, 0.15) is 19.8 Å². The second-order valence-electron chi connectivity index (χ2n) is 6.24. The molecule has 2 aromatic heterocycles. The molecule has 0 bridgehead atoms. The van der Waals surface area contributed by atoms with Crippen LogP contribution in [-0.2, 0) is 11.3 Å². The minimum Gasteiger partial charge on any atom is -0.497 e. The van der Waals surface area contributed by atoms with Gasteiger partial charge in [0, 0.05) is 12.6 Å². The molecule has 1 amide bonds. The number of rotatable bonds is 9. The van der Waals surface area contributed by atoms with Crippen LogP contribution in [-0.4, -0.2) is 35.4 Å². The van der Waals surface area contributed by atoms with Gasteiger partial charge < -0.3 is 14.8 Å². The first-order valence-corrected chi connectivity index (χ1v) is 11.1. The highest BCUT2D eigenvalue weighted by Gasteiger charge is 2.15. The van der Waals surface area contributed by atoms with Gasteiger partial charge in [-0.15, -0.1) is 11.3 Å². The fraction of sp³-hybridized carbons (Fsp3) is 0.350. The molecule has 1 aromatic carbocycles. The van der Waals surface area contributed by atoms with Crippen molar-refractivity contribution in [1.29, 1.82) is 0 Å². The van der Waals surface area contributed by atoms with Crippen molar-refractivity contribution in [3.8, 4) is 11.5 Å². The number of carbonyl (C=O) groups excluding carboxylic acids is 1. The number of aromatic nitrogens is 2. The largest absolute Gasteiger partial charge is 0.497 e. The number of unbranched alkanes of at least 4 members (excludes halogenated alkanes) is 1. The van der Waals surface area contributed by atoms with E-state index in [2.05, 4.69) is 17.2 Å². The van der Waals surface area contributed by atoms with E-state index in [9.17, 15) is 9.59 Å². The molecule has 0 saturated carbocycles. The number of thioether (sulfide) groups is 1. The van der Waals surface area contributed by atoms with Crippen molar-refractivity contribution in [2.24, 2.45) is 0 Å². The number of hydrogen-bond donors (Lipinski definition) is 1. The second kappa shape index (κ2) is 9.80. The van der Waals surface area contributed by atoms with E-state index in [0.29, 0.717) is 39.1 Å². The molecule has 3 rings (SSSR count). The van der Waals surface area contributed by atoms with Crippen LogP contribution in [0.3, 0.4) is 0 Å². The Labute approximate surface area is 177 Å². The SMILES string of the molecule is CCCCn1c(SCC(=O)Nc2cc(OC)ccc2OC)nc2ccsc2c1=O. The summed E-state index contributed by atoms with van der Waals surface area (Å²) in [6.45, 7) is 2.66. The van der Waals surface area contributed by atoms with Crippen molar-refractivity contribution in [1.82, 2.24) is 9.55 Å². The predicted octanol–water partition coefficient (Wildman–Crippen LogP) is 4.01. The Morgan fingerprint density at radius 1 is 1.28 bits per heavy atom. The normalized spacial score (nSPS) is 10.9. The molecule has 0 spiro atoms. The van der Waals surface area contributed by atoms with Crippen molar-refractivity contribution < 1.29 is 14.3 Å².